The van der Waals surface area contributed by atoms with Crippen LogP contribution in [0.15, 0.2) is 18.2 Å². The highest BCUT2D eigenvalue weighted by atomic mass is 16.6. The average molecular weight is 283 g/mol. The molecule has 2 amide bonds. The third-order valence-electron chi connectivity index (χ3n) is 2.20. The van der Waals surface area contributed by atoms with E-state index >= 15 is 0 Å². The number of nitro groups is 1. The molecular weight excluding hydrogens is 270 g/mol. The topological polar surface area (TPSA) is 145 Å². The molecule has 0 saturated carbocycles. The number of ether oxygens (including phenoxy) is 1. The molecule has 108 valence electrons. The van der Waals surface area contributed by atoms with E-state index in [1.54, 1.807) is 0 Å². The first kappa shape index (κ1) is 15.4. The molecule has 0 spiro atoms. The lowest BCUT2D eigenvalue weighted by atomic mass is 10.1. The third kappa shape index (κ3) is 4.53. The number of nitro benzene ring substituents is 1. The van der Waals surface area contributed by atoms with Crippen LogP contribution in [-0.2, 0) is 9.53 Å². The van der Waals surface area contributed by atoms with E-state index in [-0.39, 0.29) is 31.1 Å². The van der Waals surface area contributed by atoms with E-state index in [1.165, 1.54) is 0 Å². The number of hydrogen-bond acceptors (Lipinski definition) is 6. The fourth-order valence-electron chi connectivity index (χ4n) is 1.37. The molecule has 0 aliphatic rings. The normalized spacial score (nSPS) is 10.0. The summed E-state index contributed by atoms with van der Waals surface area (Å²) in [7, 11) is 0. The van der Waals surface area contributed by atoms with Crippen molar-refractivity contribution in [2.45, 2.75) is 0 Å². The number of carbonyl (C=O) groups excluding carboxylic acids is 2. The molecule has 9 nitrogen and oxygen atoms in total. The largest absolute Gasteiger partial charge is 0.508 e. The Balaban J connectivity index is 2.61. The van der Waals surface area contributed by atoms with Gasteiger partial charge in [-0.1, -0.05) is 0 Å². The van der Waals surface area contributed by atoms with Gasteiger partial charge in [0.2, 0.25) is 5.91 Å². The summed E-state index contributed by atoms with van der Waals surface area (Å²) in [6.45, 7) is -0.206. The number of phenolic OH excluding ortho intramolecular Hbond substituents is 1. The quantitative estimate of drug-likeness (QED) is 0.350. The maximum Gasteiger partial charge on any atom is 0.282 e. The van der Waals surface area contributed by atoms with Gasteiger partial charge >= 0.3 is 0 Å². The highest BCUT2D eigenvalue weighted by Gasteiger charge is 2.20. The van der Waals surface area contributed by atoms with Gasteiger partial charge in [-0.25, -0.2) is 0 Å². The zero-order valence-corrected chi connectivity index (χ0v) is 10.4. The van der Waals surface area contributed by atoms with E-state index in [1.807, 2.05) is 0 Å². The lowest BCUT2D eigenvalue weighted by molar-refractivity contribution is -0.385. The predicted octanol–water partition coefficient (Wildman–Crippen LogP) is -0.468. The van der Waals surface area contributed by atoms with Crippen molar-refractivity contribution in [3.05, 3.63) is 33.9 Å². The number of benzene rings is 1. The summed E-state index contributed by atoms with van der Waals surface area (Å²) in [5.74, 6) is -1.62. The molecule has 4 N–H and O–H groups in total. The minimum absolute atomic E-state index is 0.0291. The number of nitrogens with two attached hydrogens (primary N) is 1. The number of nitrogens with one attached hydrogen (secondary N) is 1. The van der Waals surface area contributed by atoms with Crippen LogP contribution in [0.3, 0.4) is 0 Å². The number of aromatic hydroxyl groups is 1. The van der Waals surface area contributed by atoms with Gasteiger partial charge in [0.15, 0.2) is 0 Å². The molecule has 0 bridgehead atoms. The molecule has 0 heterocycles. The number of carbonyl (C=O) groups is 2. The number of phenols is 1. The van der Waals surface area contributed by atoms with Crippen molar-refractivity contribution in [3.8, 4) is 5.75 Å². The predicted molar refractivity (Wildman–Crippen MR) is 67.1 cm³/mol. The SMILES string of the molecule is NC(=O)COCCNC(=O)c1cc(O)ccc1[N+](=O)[O-]. The van der Waals surface area contributed by atoms with Gasteiger partial charge in [-0.05, 0) is 12.1 Å². The van der Waals surface area contributed by atoms with Crippen LogP contribution in [0.25, 0.3) is 0 Å². The lowest BCUT2D eigenvalue weighted by Crippen LogP contribution is -2.29. The third-order valence-corrected chi connectivity index (χ3v) is 2.20. The van der Waals surface area contributed by atoms with Gasteiger partial charge in [0.25, 0.3) is 11.6 Å². The second kappa shape index (κ2) is 7.04. The van der Waals surface area contributed by atoms with Crippen LogP contribution in [0.1, 0.15) is 10.4 Å². The fraction of sp³-hybridized carbons (Fsp3) is 0.273. The Bertz CT molecular complexity index is 531. The Morgan fingerprint density at radius 3 is 2.75 bits per heavy atom. The molecule has 0 unspecified atom stereocenters. The zero-order valence-electron chi connectivity index (χ0n) is 10.4. The van der Waals surface area contributed by atoms with E-state index < -0.39 is 22.4 Å². The van der Waals surface area contributed by atoms with Gasteiger partial charge in [-0.3, -0.25) is 19.7 Å². The van der Waals surface area contributed by atoms with Crippen molar-refractivity contribution in [1.29, 1.82) is 0 Å². The number of nitrogens with zero attached hydrogens (tertiary/aromatic N) is 1. The van der Waals surface area contributed by atoms with Crippen molar-refractivity contribution >= 4 is 17.5 Å². The molecular formula is C11H13N3O6. The Morgan fingerprint density at radius 1 is 1.45 bits per heavy atom. The minimum atomic E-state index is -0.727. The fourth-order valence-corrected chi connectivity index (χ4v) is 1.37. The van der Waals surface area contributed by atoms with E-state index in [0.717, 1.165) is 18.2 Å². The lowest BCUT2D eigenvalue weighted by Gasteiger charge is -2.06. The summed E-state index contributed by atoms with van der Waals surface area (Å²) in [6.07, 6.45) is 0. The second-order valence-electron chi connectivity index (χ2n) is 3.73. The van der Waals surface area contributed by atoms with Crippen molar-refractivity contribution in [1.82, 2.24) is 5.32 Å². The van der Waals surface area contributed by atoms with Crippen molar-refractivity contribution < 1.29 is 24.4 Å². The molecule has 9 heteroatoms. The summed E-state index contributed by atoms with van der Waals surface area (Å²) in [4.78, 5) is 32.2. The minimum Gasteiger partial charge on any atom is -0.508 e. The van der Waals surface area contributed by atoms with Crippen LogP contribution in [0.5, 0.6) is 5.75 Å². The van der Waals surface area contributed by atoms with Crippen molar-refractivity contribution in [2.75, 3.05) is 19.8 Å². The Kier molecular flexibility index (Phi) is 5.42. The maximum absolute atomic E-state index is 11.7. The highest BCUT2D eigenvalue weighted by molar-refractivity contribution is 5.98. The first-order chi connectivity index (χ1) is 9.41. The summed E-state index contributed by atoms with van der Waals surface area (Å²) in [5.41, 5.74) is 4.16. The van der Waals surface area contributed by atoms with Crippen LogP contribution in [-0.4, -0.2) is 41.6 Å². The van der Waals surface area contributed by atoms with E-state index in [2.05, 4.69) is 5.32 Å². The Hall–Kier alpha value is -2.68. The van der Waals surface area contributed by atoms with Crippen LogP contribution in [0.2, 0.25) is 0 Å². The molecule has 1 aromatic carbocycles. The number of hydrogen-bond donors (Lipinski definition) is 3. The first-order valence-electron chi connectivity index (χ1n) is 5.53. The molecule has 0 fully saturated rings. The van der Waals surface area contributed by atoms with Gasteiger partial charge in [0.1, 0.15) is 17.9 Å². The number of amides is 2. The molecule has 0 saturated heterocycles. The summed E-state index contributed by atoms with van der Waals surface area (Å²) < 4.78 is 4.81. The summed E-state index contributed by atoms with van der Waals surface area (Å²) in [5, 5.41) is 22.4. The van der Waals surface area contributed by atoms with Crippen molar-refractivity contribution in [3.63, 3.8) is 0 Å². The first-order valence-corrected chi connectivity index (χ1v) is 5.53. The van der Waals surface area contributed by atoms with E-state index in [4.69, 9.17) is 10.5 Å². The monoisotopic (exact) mass is 283 g/mol. The van der Waals surface area contributed by atoms with E-state index in [9.17, 15) is 24.8 Å². The van der Waals surface area contributed by atoms with Crippen LogP contribution < -0.4 is 11.1 Å². The number of rotatable bonds is 7. The van der Waals surface area contributed by atoms with Gasteiger partial charge in [-0.15, -0.1) is 0 Å². The molecule has 0 atom stereocenters. The summed E-state index contributed by atoms with van der Waals surface area (Å²) in [6, 6.07) is 3.15. The molecule has 0 aliphatic heterocycles. The molecule has 0 aromatic heterocycles. The molecule has 1 aromatic rings. The smallest absolute Gasteiger partial charge is 0.282 e. The van der Waals surface area contributed by atoms with Crippen LogP contribution >= 0.6 is 0 Å². The number of primary amides is 1. The summed E-state index contributed by atoms with van der Waals surface area (Å²) >= 11 is 0. The molecule has 0 aliphatic carbocycles. The molecule has 20 heavy (non-hydrogen) atoms. The highest BCUT2D eigenvalue weighted by Crippen LogP contribution is 2.22. The van der Waals surface area contributed by atoms with Gasteiger partial charge < -0.3 is 20.9 Å². The standard InChI is InChI=1S/C11H13N3O6/c12-10(16)6-20-4-3-13-11(17)8-5-7(15)1-2-9(8)14(18)19/h1-2,5,15H,3-4,6H2,(H2,12,16)(H,13,17). The Labute approximate surface area is 113 Å². The van der Waals surface area contributed by atoms with Crippen LogP contribution in [0, 0.1) is 10.1 Å². The Morgan fingerprint density at radius 2 is 2.15 bits per heavy atom. The molecule has 0 radical (unpaired) electrons. The molecule has 1 rings (SSSR count). The van der Waals surface area contributed by atoms with Gasteiger partial charge in [0, 0.05) is 12.6 Å². The van der Waals surface area contributed by atoms with Gasteiger partial charge in [-0.2, -0.15) is 0 Å². The maximum atomic E-state index is 11.7. The van der Waals surface area contributed by atoms with E-state index in [0.29, 0.717) is 0 Å². The average Bonchev–Trinajstić information content (AvgIpc) is 2.37. The van der Waals surface area contributed by atoms with Crippen molar-refractivity contribution in [2.24, 2.45) is 5.73 Å². The zero-order chi connectivity index (χ0) is 15.1. The van der Waals surface area contributed by atoms with Crippen LogP contribution in [0.4, 0.5) is 5.69 Å². The second-order valence-corrected chi connectivity index (χ2v) is 3.73. The van der Waals surface area contributed by atoms with Gasteiger partial charge in [0.05, 0.1) is 11.5 Å².